The number of para-hydroxylation sites is 1. The molecule has 0 spiro atoms. The minimum Gasteiger partial charge on any atom is -0.369 e. The number of piperazine rings is 1. The number of carbonyl (C=O) groups excluding carboxylic acids is 1. The van der Waals surface area contributed by atoms with Crippen LogP contribution in [0.3, 0.4) is 0 Å². The van der Waals surface area contributed by atoms with Gasteiger partial charge in [0.25, 0.3) is 0 Å². The van der Waals surface area contributed by atoms with Gasteiger partial charge in [0.15, 0.2) is 0 Å². The van der Waals surface area contributed by atoms with Crippen molar-refractivity contribution in [3.63, 3.8) is 0 Å². The van der Waals surface area contributed by atoms with Gasteiger partial charge in [0, 0.05) is 38.9 Å². The van der Waals surface area contributed by atoms with Crippen LogP contribution in [0.4, 0.5) is 5.69 Å². The van der Waals surface area contributed by atoms with E-state index in [9.17, 15) is 4.79 Å². The molecule has 0 saturated carbocycles. The number of rotatable bonds is 4. The molecular formula is C23H29N3O. The molecule has 2 aromatic rings. The highest BCUT2D eigenvalue weighted by Crippen LogP contribution is 2.33. The fraction of sp³-hybridized carbons (Fsp3) is 0.435. The van der Waals surface area contributed by atoms with E-state index in [0.29, 0.717) is 6.54 Å². The van der Waals surface area contributed by atoms with E-state index >= 15 is 0 Å². The number of benzene rings is 2. The van der Waals surface area contributed by atoms with Crippen LogP contribution in [0.1, 0.15) is 30.0 Å². The minimum absolute atomic E-state index is 0.230. The van der Waals surface area contributed by atoms with Gasteiger partial charge in [-0.2, -0.15) is 0 Å². The maximum Gasteiger partial charge on any atom is 0.237 e. The van der Waals surface area contributed by atoms with Crippen LogP contribution >= 0.6 is 0 Å². The first kappa shape index (κ1) is 18.1. The van der Waals surface area contributed by atoms with Gasteiger partial charge in [-0.3, -0.25) is 9.69 Å². The van der Waals surface area contributed by atoms with Crippen molar-refractivity contribution in [2.45, 2.75) is 25.3 Å². The number of carbonyl (C=O) groups is 1. The topological polar surface area (TPSA) is 26.8 Å². The predicted molar refractivity (Wildman–Crippen MR) is 110 cm³/mol. The molecule has 2 aliphatic rings. The molecule has 1 heterocycles. The Morgan fingerprint density at radius 1 is 1.00 bits per heavy atom. The number of hydrogen-bond acceptors (Lipinski definition) is 3. The SMILES string of the molecule is CN(C(=O)CN1CCN(c2ccccc2)CC1)[C@@H]1CCCc2ccccc21. The van der Waals surface area contributed by atoms with Crippen molar-refractivity contribution in [2.75, 3.05) is 44.7 Å². The molecular weight excluding hydrogens is 334 g/mol. The van der Waals surface area contributed by atoms with Crippen molar-refractivity contribution in [3.8, 4) is 0 Å². The van der Waals surface area contributed by atoms with Crippen LogP contribution in [0.5, 0.6) is 0 Å². The molecule has 142 valence electrons. The van der Waals surface area contributed by atoms with Gasteiger partial charge in [0.05, 0.1) is 12.6 Å². The fourth-order valence-corrected chi connectivity index (χ4v) is 4.41. The van der Waals surface area contributed by atoms with Gasteiger partial charge in [-0.25, -0.2) is 0 Å². The van der Waals surface area contributed by atoms with Crippen molar-refractivity contribution >= 4 is 11.6 Å². The monoisotopic (exact) mass is 363 g/mol. The quantitative estimate of drug-likeness (QED) is 0.834. The molecule has 0 N–H and O–H groups in total. The Labute approximate surface area is 162 Å². The van der Waals surface area contributed by atoms with Crippen LogP contribution in [-0.2, 0) is 11.2 Å². The highest BCUT2D eigenvalue weighted by atomic mass is 16.2. The third-order valence-corrected chi connectivity index (χ3v) is 6.05. The van der Waals surface area contributed by atoms with E-state index in [4.69, 9.17) is 0 Å². The Morgan fingerprint density at radius 2 is 1.70 bits per heavy atom. The first-order valence-corrected chi connectivity index (χ1v) is 10.1. The Hall–Kier alpha value is -2.33. The van der Waals surface area contributed by atoms with E-state index in [2.05, 4.69) is 64.4 Å². The number of aryl methyl sites for hydroxylation is 1. The lowest BCUT2D eigenvalue weighted by atomic mass is 9.87. The number of fused-ring (bicyclic) bond motifs is 1. The maximum atomic E-state index is 12.9. The first-order chi connectivity index (χ1) is 13.2. The molecule has 1 fully saturated rings. The summed E-state index contributed by atoms with van der Waals surface area (Å²) in [4.78, 5) is 19.6. The van der Waals surface area contributed by atoms with Crippen LogP contribution in [0.25, 0.3) is 0 Å². The van der Waals surface area contributed by atoms with E-state index in [-0.39, 0.29) is 11.9 Å². The van der Waals surface area contributed by atoms with Crippen molar-refractivity contribution in [3.05, 3.63) is 65.7 Å². The minimum atomic E-state index is 0.230. The molecule has 4 nitrogen and oxygen atoms in total. The third-order valence-electron chi connectivity index (χ3n) is 6.05. The Kier molecular flexibility index (Phi) is 5.44. The van der Waals surface area contributed by atoms with Crippen LogP contribution < -0.4 is 4.90 Å². The molecule has 4 rings (SSSR count). The number of anilines is 1. The number of nitrogens with zero attached hydrogens (tertiary/aromatic N) is 3. The van der Waals surface area contributed by atoms with E-state index in [1.165, 1.54) is 16.8 Å². The third kappa shape index (κ3) is 4.01. The average Bonchev–Trinajstić information content (AvgIpc) is 2.74. The molecule has 1 amide bonds. The van der Waals surface area contributed by atoms with Gasteiger partial charge in [0.2, 0.25) is 5.91 Å². The van der Waals surface area contributed by atoms with Gasteiger partial charge in [-0.1, -0.05) is 42.5 Å². The molecule has 4 heteroatoms. The molecule has 0 unspecified atom stereocenters. The molecule has 0 bridgehead atoms. The number of hydrogen-bond donors (Lipinski definition) is 0. The summed E-state index contributed by atoms with van der Waals surface area (Å²) < 4.78 is 0. The van der Waals surface area contributed by atoms with E-state index < -0.39 is 0 Å². The normalized spacial score (nSPS) is 20.2. The van der Waals surface area contributed by atoms with Crippen LogP contribution in [0.2, 0.25) is 0 Å². The van der Waals surface area contributed by atoms with E-state index in [0.717, 1.165) is 45.4 Å². The smallest absolute Gasteiger partial charge is 0.237 e. The largest absolute Gasteiger partial charge is 0.369 e. The zero-order valence-electron chi connectivity index (χ0n) is 16.2. The predicted octanol–water partition coefficient (Wildman–Crippen LogP) is 3.34. The van der Waals surface area contributed by atoms with Gasteiger partial charge in [0.1, 0.15) is 0 Å². The standard InChI is InChI=1S/C23H29N3O/c1-24(22-13-7-9-19-8-5-6-12-21(19)22)23(27)18-25-14-16-26(17-15-25)20-10-3-2-4-11-20/h2-6,8,10-12,22H,7,9,13-18H2,1H3/t22-/m1/s1. The van der Waals surface area contributed by atoms with Gasteiger partial charge in [-0.15, -0.1) is 0 Å². The zero-order valence-corrected chi connectivity index (χ0v) is 16.2. The summed E-state index contributed by atoms with van der Waals surface area (Å²) in [5.74, 6) is 0.241. The fourth-order valence-electron chi connectivity index (χ4n) is 4.41. The van der Waals surface area contributed by atoms with Crippen molar-refractivity contribution < 1.29 is 4.79 Å². The second-order valence-corrected chi connectivity index (χ2v) is 7.71. The molecule has 0 aromatic heterocycles. The van der Waals surface area contributed by atoms with Gasteiger partial charge >= 0.3 is 0 Å². The molecule has 27 heavy (non-hydrogen) atoms. The first-order valence-electron chi connectivity index (χ1n) is 10.1. The summed E-state index contributed by atoms with van der Waals surface area (Å²) in [6.07, 6.45) is 3.37. The van der Waals surface area contributed by atoms with Gasteiger partial charge in [-0.05, 0) is 42.5 Å². The molecule has 1 saturated heterocycles. The maximum absolute atomic E-state index is 12.9. The van der Waals surface area contributed by atoms with Gasteiger partial charge < -0.3 is 9.80 Å². The second-order valence-electron chi connectivity index (χ2n) is 7.71. The van der Waals surface area contributed by atoms with Crippen molar-refractivity contribution in [1.29, 1.82) is 0 Å². The number of likely N-dealkylation sites (N-methyl/N-ethyl adjacent to an activating group) is 1. The van der Waals surface area contributed by atoms with E-state index in [1.807, 2.05) is 11.9 Å². The lowest BCUT2D eigenvalue weighted by Gasteiger charge is -2.38. The number of amides is 1. The average molecular weight is 364 g/mol. The zero-order chi connectivity index (χ0) is 18.6. The second kappa shape index (κ2) is 8.13. The van der Waals surface area contributed by atoms with Crippen LogP contribution in [0, 0.1) is 0 Å². The summed E-state index contributed by atoms with van der Waals surface area (Å²) >= 11 is 0. The molecule has 1 atom stereocenters. The van der Waals surface area contributed by atoms with Crippen LogP contribution in [0.15, 0.2) is 54.6 Å². The van der Waals surface area contributed by atoms with E-state index in [1.54, 1.807) is 0 Å². The lowest BCUT2D eigenvalue weighted by molar-refractivity contribution is -0.133. The summed E-state index contributed by atoms with van der Waals surface area (Å²) in [5.41, 5.74) is 4.03. The van der Waals surface area contributed by atoms with Crippen LogP contribution in [-0.4, -0.2) is 55.5 Å². The molecule has 1 aliphatic carbocycles. The Balaban J connectivity index is 1.34. The summed E-state index contributed by atoms with van der Waals surface area (Å²) in [5, 5.41) is 0. The van der Waals surface area contributed by atoms with Crippen molar-refractivity contribution in [1.82, 2.24) is 9.80 Å². The lowest BCUT2D eigenvalue weighted by Crippen LogP contribution is -2.50. The summed E-state index contributed by atoms with van der Waals surface area (Å²) in [6, 6.07) is 19.4. The summed E-state index contributed by atoms with van der Waals surface area (Å²) in [6.45, 7) is 4.36. The molecule has 2 aromatic carbocycles. The Morgan fingerprint density at radius 3 is 2.48 bits per heavy atom. The highest BCUT2D eigenvalue weighted by molar-refractivity contribution is 5.78. The highest BCUT2D eigenvalue weighted by Gasteiger charge is 2.28. The summed E-state index contributed by atoms with van der Waals surface area (Å²) in [7, 11) is 1.98. The Bertz CT molecular complexity index is 768. The van der Waals surface area contributed by atoms with Crippen molar-refractivity contribution in [2.24, 2.45) is 0 Å². The molecule has 1 aliphatic heterocycles. The molecule has 0 radical (unpaired) electrons.